The molecule has 4 unspecified atom stereocenters. The zero-order valence-electron chi connectivity index (χ0n) is 19.6. The van der Waals surface area contributed by atoms with E-state index in [0.29, 0.717) is 0 Å². The average molecular weight is 519 g/mol. The molecule has 0 heterocycles. The highest BCUT2D eigenvalue weighted by atomic mass is 35.5. The van der Waals surface area contributed by atoms with E-state index in [4.69, 9.17) is 27.9 Å². The van der Waals surface area contributed by atoms with Gasteiger partial charge in [-0.2, -0.15) is 0 Å². The third-order valence-electron chi connectivity index (χ3n) is 9.28. The molecule has 0 aromatic carbocycles. The van der Waals surface area contributed by atoms with E-state index in [1.54, 1.807) is 20.8 Å². The Balaban J connectivity index is 1.92. The van der Waals surface area contributed by atoms with Crippen LogP contribution in [0.1, 0.15) is 47.0 Å². The van der Waals surface area contributed by atoms with Crippen LogP contribution in [-0.2, 0) is 19.1 Å². The molecule has 4 aliphatic carbocycles. The van der Waals surface area contributed by atoms with Crippen LogP contribution in [0.4, 0.5) is 8.78 Å². The Morgan fingerprint density at radius 2 is 1.97 bits per heavy atom. The van der Waals surface area contributed by atoms with Crippen LogP contribution >= 0.6 is 23.2 Å². The summed E-state index contributed by atoms with van der Waals surface area (Å²) in [5.41, 5.74) is -7.05. The fourth-order valence-electron chi connectivity index (χ4n) is 7.69. The second kappa shape index (κ2) is 8.10. The van der Waals surface area contributed by atoms with Crippen molar-refractivity contribution < 1.29 is 33.0 Å². The van der Waals surface area contributed by atoms with Crippen molar-refractivity contribution >= 4 is 40.7 Å². The maximum absolute atomic E-state index is 17.4. The molecule has 0 amide bonds. The van der Waals surface area contributed by atoms with Gasteiger partial charge in [-0.25, -0.2) is 8.78 Å². The maximum Gasteiger partial charge on any atom is 0.306 e. The highest BCUT2D eigenvalue weighted by Gasteiger charge is 2.79. The Morgan fingerprint density at radius 1 is 1.32 bits per heavy atom. The molecule has 0 radical (unpaired) electrons. The van der Waals surface area contributed by atoms with Crippen LogP contribution in [0.3, 0.4) is 0 Å². The summed E-state index contributed by atoms with van der Waals surface area (Å²) in [4.78, 5) is 37.8. The molecule has 4 aliphatic rings. The highest BCUT2D eigenvalue weighted by Crippen LogP contribution is 2.72. The summed E-state index contributed by atoms with van der Waals surface area (Å²) >= 11 is 12.6. The van der Waals surface area contributed by atoms with Crippen molar-refractivity contribution in [2.24, 2.45) is 28.6 Å². The molecule has 5 nitrogen and oxygen atoms in total. The molecule has 1 N–H and O–H groups in total. The third kappa shape index (κ3) is 2.89. The van der Waals surface area contributed by atoms with Gasteiger partial charge in [-0.15, -0.1) is 23.2 Å². The first-order valence-electron chi connectivity index (χ1n) is 11.7. The minimum atomic E-state index is -2.41. The van der Waals surface area contributed by atoms with Crippen LogP contribution in [0.15, 0.2) is 23.8 Å². The molecule has 0 aliphatic heterocycles. The molecular weight excluding hydrogens is 489 g/mol. The number of aliphatic hydroxyl groups is 1. The van der Waals surface area contributed by atoms with Crippen molar-refractivity contribution in [3.8, 4) is 0 Å². The van der Waals surface area contributed by atoms with Crippen LogP contribution in [0.2, 0.25) is 0 Å². The molecule has 4 rings (SSSR count). The lowest BCUT2D eigenvalue weighted by atomic mass is 9.44. The van der Waals surface area contributed by atoms with Crippen LogP contribution in [-0.4, -0.2) is 57.4 Å². The van der Waals surface area contributed by atoms with E-state index >= 15 is 8.78 Å². The molecule has 3 saturated carbocycles. The lowest BCUT2D eigenvalue weighted by Crippen LogP contribution is -2.73. The van der Waals surface area contributed by atoms with Crippen molar-refractivity contribution in [1.29, 1.82) is 0 Å². The number of carbonyl (C=O) groups is 3. The number of hydrogen-bond donors (Lipinski definition) is 1. The Kier molecular flexibility index (Phi) is 6.14. The number of halogens is 4. The Bertz CT molecular complexity index is 1000. The van der Waals surface area contributed by atoms with E-state index in [-0.39, 0.29) is 24.8 Å². The first kappa shape index (κ1) is 25.8. The van der Waals surface area contributed by atoms with E-state index in [1.807, 2.05) is 0 Å². The zero-order chi connectivity index (χ0) is 25.4. The molecule has 0 aromatic heterocycles. The predicted molar refractivity (Wildman–Crippen MR) is 123 cm³/mol. The summed E-state index contributed by atoms with van der Waals surface area (Å²) < 4.78 is 39.0. The van der Waals surface area contributed by atoms with Crippen LogP contribution < -0.4 is 0 Å². The molecule has 3 fully saturated rings. The van der Waals surface area contributed by atoms with E-state index in [9.17, 15) is 19.5 Å². The lowest BCUT2D eigenvalue weighted by molar-refractivity contribution is -0.229. The Morgan fingerprint density at radius 3 is 2.56 bits per heavy atom. The number of allylic oxidation sites excluding steroid dienone is 4. The molecule has 0 bridgehead atoms. The number of fused-ring (bicyclic) bond motifs is 5. The van der Waals surface area contributed by atoms with Gasteiger partial charge < -0.3 is 9.84 Å². The van der Waals surface area contributed by atoms with E-state index < -0.39 is 80.9 Å². The molecule has 0 aromatic rings. The summed E-state index contributed by atoms with van der Waals surface area (Å²) in [7, 11) is 0. The van der Waals surface area contributed by atoms with Gasteiger partial charge in [0.25, 0.3) is 0 Å². The van der Waals surface area contributed by atoms with Crippen molar-refractivity contribution in [1.82, 2.24) is 0 Å². The van der Waals surface area contributed by atoms with Crippen molar-refractivity contribution in [2.45, 2.75) is 75.9 Å². The van der Waals surface area contributed by atoms with Crippen LogP contribution in [0.5, 0.6) is 0 Å². The van der Waals surface area contributed by atoms with Crippen LogP contribution in [0.25, 0.3) is 0 Å². The number of aliphatic hydroxyl groups excluding tert-OH is 1. The van der Waals surface area contributed by atoms with E-state index in [2.05, 4.69) is 0 Å². The van der Waals surface area contributed by atoms with E-state index in [1.165, 1.54) is 19.1 Å². The second-order valence-corrected chi connectivity index (χ2v) is 11.4. The smallest absolute Gasteiger partial charge is 0.306 e. The van der Waals surface area contributed by atoms with Gasteiger partial charge in [-0.3, -0.25) is 14.4 Å². The van der Waals surface area contributed by atoms with Gasteiger partial charge in [0.1, 0.15) is 6.17 Å². The molecule has 10 atom stereocenters. The minimum absolute atomic E-state index is 0.0134. The van der Waals surface area contributed by atoms with Gasteiger partial charge >= 0.3 is 5.97 Å². The zero-order valence-corrected chi connectivity index (χ0v) is 21.1. The number of carbonyl (C=O) groups excluding carboxylic acids is 3. The standard InChI is InChI=1S/C25H30Cl2F2O5/c1-5-18(33)34-25(17(32)11-26)12(2)8-14-19-20(27)21(28)15-9-13(30)6-7-22(15,3)24(19,29)16(31)10-23(14,25)4/h6-7,9,12,14,16,19-21,31H,5,8,10-11H2,1-4H3/t12?,14-,16?,19+,20?,21?,22-,23-,24+,25-/m0/s1. The molecule has 0 saturated heterocycles. The first-order chi connectivity index (χ1) is 15.8. The lowest BCUT2D eigenvalue weighted by Gasteiger charge is -2.64. The quantitative estimate of drug-likeness (QED) is 0.444. The fraction of sp³-hybridized carbons (Fsp3) is 0.720. The van der Waals surface area contributed by atoms with Gasteiger partial charge in [0.05, 0.1) is 17.4 Å². The first-order valence-corrected chi connectivity index (χ1v) is 12.6. The normalized spacial score (nSPS) is 49.6. The number of ether oxygens (including phenoxy) is 1. The molecule has 0 spiro atoms. The summed E-state index contributed by atoms with van der Waals surface area (Å²) in [6.45, 7) is 6.48. The van der Waals surface area contributed by atoms with Gasteiger partial charge in [0.2, 0.25) is 0 Å². The fourth-order valence-corrected chi connectivity index (χ4v) is 8.38. The monoisotopic (exact) mass is 518 g/mol. The summed E-state index contributed by atoms with van der Waals surface area (Å²) in [5.74, 6) is -4.52. The number of rotatable bonds is 4. The third-order valence-corrected chi connectivity index (χ3v) is 10.0. The van der Waals surface area contributed by atoms with Crippen LogP contribution in [0, 0.1) is 28.6 Å². The minimum Gasteiger partial charge on any atom is -0.450 e. The summed E-state index contributed by atoms with van der Waals surface area (Å²) in [6.07, 6.45) is 0.0891. The predicted octanol–water partition coefficient (Wildman–Crippen LogP) is 4.27. The molecule has 188 valence electrons. The van der Waals surface area contributed by atoms with Gasteiger partial charge in [0.15, 0.2) is 22.8 Å². The molecule has 34 heavy (non-hydrogen) atoms. The maximum atomic E-state index is 17.4. The van der Waals surface area contributed by atoms with Crippen molar-refractivity contribution in [3.63, 3.8) is 0 Å². The largest absolute Gasteiger partial charge is 0.450 e. The number of Topliss-reactive ketones (excluding diaryl/α,β-unsaturated/α-hetero) is 1. The van der Waals surface area contributed by atoms with Gasteiger partial charge in [0, 0.05) is 29.1 Å². The number of alkyl halides is 4. The topological polar surface area (TPSA) is 80.7 Å². The summed E-state index contributed by atoms with van der Waals surface area (Å²) in [6, 6.07) is 0. The van der Waals surface area contributed by atoms with Crippen molar-refractivity contribution in [2.75, 3.05) is 5.88 Å². The van der Waals surface area contributed by atoms with Gasteiger partial charge in [-0.1, -0.05) is 26.8 Å². The number of ketones is 2. The Hall–Kier alpha value is -1.31. The Labute approximate surface area is 207 Å². The van der Waals surface area contributed by atoms with Crippen molar-refractivity contribution in [3.05, 3.63) is 23.8 Å². The molecule has 9 heteroatoms. The number of hydrogen-bond acceptors (Lipinski definition) is 5. The summed E-state index contributed by atoms with van der Waals surface area (Å²) in [5, 5.41) is 10.0. The van der Waals surface area contributed by atoms with E-state index in [0.717, 1.165) is 6.08 Å². The highest BCUT2D eigenvalue weighted by molar-refractivity contribution is 6.29. The molecular formula is C25H30Cl2F2O5. The second-order valence-electron chi connectivity index (χ2n) is 10.7. The number of esters is 1. The average Bonchev–Trinajstić information content (AvgIpc) is 3.00. The SMILES string of the molecule is CCC(=O)O[C@]1(C(=O)CCl)C(C)C[C@H]2[C@@H]3C(Cl)C(F)C4=CC(=O)C=C[C@]4(C)[C@@]3(F)C(O)C[C@@]21C. The van der Waals surface area contributed by atoms with Gasteiger partial charge in [-0.05, 0) is 43.4 Å².